The minimum absolute atomic E-state index is 0.375. The highest BCUT2D eigenvalue weighted by Gasteiger charge is 2.05. The van der Waals surface area contributed by atoms with E-state index in [4.69, 9.17) is 10.00 Å². The molecule has 0 atom stereocenters. The fourth-order valence-corrected chi connectivity index (χ4v) is 1.97. The number of hydrogen-bond donors (Lipinski definition) is 2. The van der Waals surface area contributed by atoms with Crippen LogP contribution in [0.5, 0.6) is 11.6 Å². The van der Waals surface area contributed by atoms with Gasteiger partial charge in [-0.05, 0) is 24.6 Å². The van der Waals surface area contributed by atoms with Crippen LogP contribution in [0.3, 0.4) is 0 Å². The molecule has 0 aliphatic carbocycles. The van der Waals surface area contributed by atoms with Gasteiger partial charge in [0.15, 0.2) is 0 Å². The number of nitrogens with one attached hydrogen (secondary N) is 2. The quantitative estimate of drug-likeness (QED) is 0.751. The summed E-state index contributed by atoms with van der Waals surface area (Å²) in [5.74, 6) is 1.81. The highest BCUT2D eigenvalue weighted by atomic mass is 16.5. The average molecular weight is 306 g/mol. The van der Waals surface area contributed by atoms with Gasteiger partial charge < -0.3 is 10.1 Å². The van der Waals surface area contributed by atoms with E-state index >= 15 is 0 Å². The topological polar surface area (TPSA) is 99.5 Å². The summed E-state index contributed by atoms with van der Waals surface area (Å²) in [7, 11) is 0. The van der Waals surface area contributed by atoms with Crippen molar-refractivity contribution in [1.29, 1.82) is 5.26 Å². The molecule has 0 aliphatic rings. The lowest BCUT2D eigenvalue weighted by molar-refractivity contribution is 0.455. The zero-order chi connectivity index (χ0) is 16.1. The van der Waals surface area contributed by atoms with E-state index in [1.54, 1.807) is 30.6 Å². The van der Waals surface area contributed by atoms with Crippen LogP contribution in [0.4, 0.5) is 11.5 Å². The van der Waals surface area contributed by atoms with E-state index in [9.17, 15) is 0 Å². The summed E-state index contributed by atoms with van der Waals surface area (Å²) in [6.07, 6.45) is 3.71. The van der Waals surface area contributed by atoms with Crippen LogP contribution in [0.1, 0.15) is 11.1 Å². The van der Waals surface area contributed by atoms with Crippen LogP contribution < -0.4 is 10.1 Å². The summed E-state index contributed by atoms with van der Waals surface area (Å²) in [4.78, 5) is 0. The number of aryl methyl sites for hydroxylation is 1. The van der Waals surface area contributed by atoms with Gasteiger partial charge in [0.2, 0.25) is 5.88 Å². The Bertz CT molecular complexity index is 834. The maximum absolute atomic E-state index is 8.67. The Kier molecular flexibility index (Phi) is 4.16. The number of nitrogens with zero attached hydrogens (tertiary/aromatic N) is 4. The molecule has 3 rings (SSSR count). The molecule has 0 spiro atoms. The van der Waals surface area contributed by atoms with Gasteiger partial charge in [-0.25, -0.2) is 0 Å². The first-order valence-corrected chi connectivity index (χ1v) is 6.98. The Morgan fingerprint density at radius 1 is 1.26 bits per heavy atom. The highest BCUT2D eigenvalue weighted by Crippen LogP contribution is 2.23. The lowest BCUT2D eigenvalue weighted by Gasteiger charge is -2.07. The van der Waals surface area contributed by atoms with Crippen molar-refractivity contribution >= 4 is 11.5 Å². The van der Waals surface area contributed by atoms with Crippen LogP contribution in [0.25, 0.3) is 0 Å². The molecule has 2 aromatic heterocycles. The molecule has 0 saturated heterocycles. The van der Waals surface area contributed by atoms with E-state index in [1.807, 2.05) is 19.1 Å². The lowest BCUT2D eigenvalue weighted by atomic mass is 10.2. The maximum Gasteiger partial charge on any atom is 0.240 e. The molecular weight excluding hydrogens is 292 g/mol. The molecule has 7 nitrogen and oxygen atoms in total. The molecule has 0 fully saturated rings. The molecule has 23 heavy (non-hydrogen) atoms. The monoisotopic (exact) mass is 306 g/mol. The van der Waals surface area contributed by atoms with E-state index in [0.29, 0.717) is 18.1 Å². The maximum atomic E-state index is 8.67. The van der Waals surface area contributed by atoms with Crippen LogP contribution in [0.2, 0.25) is 0 Å². The van der Waals surface area contributed by atoms with Crippen LogP contribution in [0.15, 0.2) is 42.7 Å². The van der Waals surface area contributed by atoms with E-state index in [1.165, 1.54) is 0 Å². The summed E-state index contributed by atoms with van der Waals surface area (Å²) in [5, 5.41) is 26.5. The molecule has 1 aromatic carbocycles. The first kappa shape index (κ1) is 14.5. The summed E-state index contributed by atoms with van der Waals surface area (Å²) < 4.78 is 5.68. The molecule has 3 aromatic rings. The van der Waals surface area contributed by atoms with Gasteiger partial charge in [0.05, 0.1) is 30.6 Å². The number of H-pyrrole nitrogens is 1. The zero-order valence-corrected chi connectivity index (χ0v) is 12.4. The molecule has 0 unspecified atom stereocenters. The molecule has 7 heteroatoms. The third kappa shape index (κ3) is 3.63. The Morgan fingerprint density at radius 3 is 2.78 bits per heavy atom. The van der Waals surface area contributed by atoms with Crippen molar-refractivity contribution in [1.82, 2.24) is 20.4 Å². The molecule has 2 heterocycles. The van der Waals surface area contributed by atoms with Gasteiger partial charge in [-0.1, -0.05) is 12.1 Å². The number of aromatic nitrogens is 4. The van der Waals surface area contributed by atoms with Crippen molar-refractivity contribution in [3.63, 3.8) is 0 Å². The SMILES string of the molecule is Cc1cn[nH]c1Nc1cnnc(Oc2ccc(CC#N)cc2)c1. The van der Waals surface area contributed by atoms with Gasteiger partial charge in [0.1, 0.15) is 11.6 Å². The standard InChI is InChI=1S/C16H14N6O/c1-11-9-18-22-16(11)20-13-8-15(21-19-10-13)23-14-4-2-12(3-5-14)6-7-17/h2-5,8-10H,6H2,1H3,(H2,18,20,21,22). The Labute approximate surface area is 133 Å². The number of hydrogen-bond acceptors (Lipinski definition) is 6. The van der Waals surface area contributed by atoms with Crippen molar-refractivity contribution < 1.29 is 4.74 Å². The highest BCUT2D eigenvalue weighted by molar-refractivity contribution is 5.58. The van der Waals surface area contributed by atoms with Crippen molar-refractivity contribution in [2.45, 2.75) is 13.3 Å². The normalized spacial score (nSPS) is 10.1. The summed E-state index contributed by atoms with van der Waals surface area (Å²) in [6.45, 7) is 1.95. The summed E-state index contributed by atoms with van der Waals surface area (Å²) in [6, 6.07) is 11.1. The first-order chi connectivity index (χ1) is 11.2. The molecule has 0 bridgehead atoms. The predicted octanol–water partition coefficient (Wildman–Crippen LogP) is 3.11. The number of nitriles is 1. The van der Waals surface area contributed by atoms with Crippen molar-refractivity contribution in [2.75, 3.05) is 5.32 Å². The van der Waals surface area contributed by atoms with Gasteiger partial charge >= 0.3 is 0 Å². The lowest BCUT2D eigenvalue weighted by Crippen LogP contribution is -1.96. The van der Waals surface area contributed by atoms with Crippen LogP contribution in [-0.2, 0) is 6.42 Å². The Morgan fingerprint density at radius 2 is 2.09 bits per heavy atom. The third-order valence-corrected chi connectivity index (χ3v) is 3.16. The van der Waals surface area contributed by atoms with Crippen LogP contribution in [-0.4, -0.2) is 20.4 Å². The fraction of sp³-hybridized carbons (Fsp3) is 0.125. The number of anilines is 2. The van der Waals surface area contributed by atoms with Crippen molar-refractivity contribution in [3.05, 3.63) is 53.9 Å². The molecule has 2 N–H and O–H groups in total. The van der Waals surface area contributed by atoms with Crippen LogP contribution in [0, 0.1) is 18.3 Å². The molecular formula is C16H14N6O. The number of rotatable bonds is 5. The van der Waals surface area contributed by atoms with Gasteiger partial charge in [0, 0.05) is 11.6 Å². The predicted molar refractivity (Wildman–Crippen MR) is 84.5 cm³/mol. The Hall–Kier alpha value is -3.40. The second kappa shape index (κ2) is 6.58. The van der Waals surface area contributed by atoms with E-state index < -0.39 is 0 Å². The minimum Gasteiger partial charge on any atom is -0.437 e. The number of benzene rings is 1. The largest absolute Gasteiger partial charge is 0.437 e. The smallest absolute Gasteiger partial charge is 0.240 e. The van der Waals surface area contributed by atoms with E-state index in [0.717, 1.165) is 22.6 Å². The Balaban J connectivity index is 1.72. The first-order valence-electron chi connectivity index (χ1n) is 6.98. The third-order valence-electron chi connectivity index (χ3n) is 3.16. The van der Waals surface area contributed by atoms with E-state index in [-0.39, 0.29) is 0 Å². The van der Waals surface area contributed by atoms with E-state index in [2.05, 4.69) is 31.8 Å². The van der Waals surface area contributed by atoms with Gasteiger partial charge in [-0.15, -0.1) is 5.10 Å². The average Bonchev–Trinajstić information content (AvgIpc) is 2.95. The second-order valence-corrected chi connectivity index (χ2v) is 4.92. The van der Waals surface area contributed by atoms with Crippen molar-refractivity contribution in [2.24, 2.45) is 0 Å². The summed E-state index contributed by atoms with van der Waals surface area (Å²) in [5.41, 5.74) is 2.68. The molecule has 0 radical (unpaired) electrons. The minimum atomic E-state index is 0.375. The fourth-order valence-electron chi connectivity index (χ4n) is 1.97. The zero-order valence-electron chi connectivity index (χ0n) is 12.4. The molecule has 0 amide bonds. The summed E-state index contributed by atoms with van der Waals surface area (Å²) >= 11 is 0. The number of ether oxygens (including phenoxy) is 1. The molecule has 0 saturated carbocycles. The van der Waals surface area contributed by atoms with Gasteiger partial charge in [-0.2, -0.15) is 15.5 Å². The molecule has 0 aliphatic heterocycles. The van der Waals surface area contributed by atoms with Gasteiger partial charge in [0.25, 0.3) is 0 Å². The van der Waals surface area contributed by atoms with Gasteiger partial charge in [-0.3, -0.25) is 5.10 Å². The molecule has 114 valence electrons. The van der Waals surface area contributed by atoms with Crippen molar-refractivity contribution in [3.8, 4) is 17.7 Å². The van der Waals surface area contributed by atoms with Crippen LogP contribution >= 0.6 is 0 Å². The number of aromatic amines is 1. The second-order valence-electron chi connectivity index (χ2n) is 4.92.